The Hall–Kier alpha value is -0.940. The third kappa shape index (κ3) is 1.46. The molecule has 2 heterocycles. The van der Waals surface area contributed by atoms with Gasteiger partial charge in [0.15, 0.2) is 0 Å². The molecule has 1 saturated heterocycles. The van der Waals surface area contributed by atoms with E-state index in [1.54, 1.807) is 11.7 Å². The molecule has 1 aliphatic rings. The van der Waals surface area contributed by atoms with Crippen molar-refractivity contribution in [2.24, 2.45) is 0 Å². The van der Waals surface area contributed by atoms with E-state index in [4.69, 9.17) is 4.74 Å². The van der Waals surface area contributed by atoms with Gasteiger partial charge < -0.3 is 10.1 Å². The Morgan fingerprint density at radius 1 is 1.75 bits per heavy atom. The largest absolute Gasteiger partial charge is 0.377 e. The first kappa shape index (κ1) is 7.70. The average Bonchev–Trinajstić information content (AvgIpc) is 2.47. The summed E-state index contributed by atoms with van der Waals surface area (Å²) in [6.45, 7) is 1.26. The van der Waals surface area contributed by atoms with E-state index >= 15 is 0 Å². The minimum absolute atomic E-state index is 0.0502. The third-order valence-electron chi connectivity index (χ3n) is 1.63. The van der Waals surface area contributed by atoms with Crippen molar-refractivity contribution < 1.29 is 9.53 Å². The van der Waals surface area contributed by atoms with Crippen LogP contribution < -0.4 is 5.32 Å². The lowest BCUT2D eigenvalue weighted by Gasteiger charge is -2.26. The van der Waals surface area contributed by atoms with Gasteiger partial charge in [-0.2, -0.15) is 0 Å². The van der Waals surface area contributed by atoms with Crippen molar-refractivity contribution in [2.75, 3.05) is 13.2 Å². The van der Waals surface area contributed by atoms with Crippen LogP contribution in [0.4, 0.5) is 0 Å². The van der Waals surface area contributed by atoms with E-state index in [0.717, 1.165) is 0 Å². The fourth-order valence-corrected chi connectivity index (χ4v) is 1.43. The number of hydrogen-bond donors (Lipinski definition) is 1. The number of carbonyl (C=O) groups is 1. The predicted molar refractivity (Wildman–Crippen MR) is 44.2 cm³/mol. The van der Waals surface area contributed by atoms with Gasteiger partial charge >= 0.3 is 0 Å². The first-order valence-corrected chi connectivity index (χ1v) is 4.51. The Bertz CT molecular complexity index is 269. The molecule has 0 radical (unpaired) electrons. The lowest BCUT2D eigenvalue weighted by Crippen LogP contribution is -2.48. The number of nitrogens with zero attached hydrogens (tertiary/aromatic N) is 1. The Morgan fingerprint density at radius 3 is 3.08 bits per heavy atom. The minimum Gasteiger partial charge on any atom is -0.377 e. The minimum atomic E-state index is -0.0502. The molecule has 4 nitrogen and oxygen atoms in total. The van der Waals surface area contributed by atoms with Gasteiger partial charge in [0.25, 0.3) is 5.91 Å². The zero-order valence-electron chi connectivity index (χ0n) is 6.32. The number of rotatable bonds is 2. The maximum absolute atomic E-state index is 11.3. The standard InChI is InChI=1S/C7H8N2O2S/c10-7(6-1-8-4-12-6)9-5-2-11-3-5/h1,4-5H,2-3H2,(H,9,10). The van der Waals surface area contributed by atoms with E-state index < -0.39 is 0 Å². The maximum atomic E-state index is 11.3. The molecule has 1 aromatic heterocycles. The predicted octanol–water partition coefficient (Wildman–Crippen LogP) is 0.272. The molecule has 1 aromatic rings. The second kappa shape index (κ2) is 3.20. The maximum Gasteiger partial charge on any atom is 0.263 e. The van der Waals surface area contributed by atoms with E-state index in [1.165, 1.54) is 11.3 Å². The van der Waals surface area contributed by atoms with Gasteiger partial charge in [-0.15, -0.1) is 11.3 Å². The summed E-state index contributed by atoms with van der Waals surface area (Å²) in [5.74, 6) is -0.0502. The molecule has 0 spiro atoms. The van der Waals surface area contributed by atoms with E-state index in [2.05, 4.69) is 10.3 Å². The number of ether oxygens (including phenoxy) is 1. The molecule has 0 unspecified atom stereocenters. The summed E-state index contributed by atoms with van der Waals surface area (Å²) in [4.78, 5) is 15.8. The van der Waals surface area contributed by atoms with Crippen molar-refractivity contribution in [3.8, 4) is 0 Å². The van der Waals surface area contributed by atoms with E-state index in [1.807, 2.05) is 0 Å². The van der Waals surface area contributed by atoms with Crippen LogP contribution in [-0.4, -0.2) is 30.1 Å². The van der Waals surface area contributed by atoms with Crippen molar-refractivity contribution in [2.45, 2.75) is 6.04 Å². The molecule has 1 N–H and O–H groups in total. The van der Waals surface area contributed by atoms with Crippen LogP contribution in [0.2, 0.25) is 0 Å². The van der Waals surface area contributed by atoms with E-state index in [-0.39, 0.29) is 11.9 Å². The summed E-state index contributed by atoms with van der Waals surface area (Å²) in [6, 6.07) is 0.194. The molecule has 2 rings (SSSR count). The van der Waals surface area contributed by atoms with Crippen molar-refractivity contribution in [1.29, 1.82) is 0 Å². The zero-order chi connectivity index (χ0) is 8.39. The fourth-order valence-electron chi connectivity index (χ4n) is 0.903. The summed E-state index contributed by atoms with van der Waals surface area (Å²) >= 11 is 1.34. The second-order valence-electron chi connectivity index (χ2n) is 2.57. The smallest absolute Gasteiger partial charge is 0.263 e. The van der Waals surface area contributed by atoms with Gasteiger partial charge in [-0.05, 0) is 0 Å². The summed E-state index contributed by atoms with van der Waals surface area (Å²) in [5, 5.41) is 2.83. The van der Waals surface area contributed by atoms with Gasteiger partial charge in [0.2, 0.25) is 0 Å². The summed E-state index contributed by atoms with van der Waals surface area (Å²) in [6.07, 6.45) is 1.57. The number of nitrogens with one attached hydrogen (secondary N) is 1. The lowest BCUT2D eigenvalue weighted by molar-refractivity contribution is -0.00339. The number of thiazole rings is 1. The van der Waals surface area contributed by atoms with Crippen LogP contribution in [0.25, 0.3) is 0 Å². The summed E-state index contributed by atoms with van der Waals surface area (Å²) in [7, 11) is 0. The van der Waals surface area contributed by atoms with Crippen LogP contribution in [0, 0.1) is 0 Å². The van der Waals surface area contributed by atoms with Gasteiger partial charge in [0.05, 0.1) is 31.0 Å². The van der Waals surface area contributed by atoms with Gasteiger partial charge in [-0.25, -0.2) is 0 Å². The number of hydrogen-bond acceptors (Lipinski definition) is 4. The van der Waals surface area contributed by atoms with Crippen molar-refractivity contribution >= 4 is 17.2 Å². The molecule has 64 valence electrons. The lowest BCUT2D eigenvalue weighted by atomic mass is 10.2. The van der Waals surface area contributed by atoms with Crippen molar-refractivity contribution in [1.82, 2.24) is 10.3 Å². The molecule has 0 saturated carbocycles. The Balaban J connectivity index is 1.92. The molecule has 0 aliphatic carbocycles. The molecule has 5 heteroatoms. The highest BCUT2D eigenvalue weighted by atomic mass is 32.1. The number of aromatic nitrogens is 1. The first-order chi connectivity index (χ1) is 5.86. The topological polar surface area (TPSA) is 51.2 Å². The highest BCUT2D eigenvalue weighted by molar-refractivity contribution is 7.11. The fraction of sp³-hybridized carbons (Fsp3) is 0.429. The van der Waals surface area contributed by atoms with Gasteiger partial charge in [-0.1, -0.05) is 0 Å². The van der Waals surface area contributed by atoms with Crippen LogP contribution in [0.1, 0.15) is 9.67 Å². The van der Waals surface area contributed by atoms with Crippen LogP contribution in [-0.2, 0) is 4.74 Å². The first-order valence-electron chi connectivity index (χ1n) is 3.63. The van der Waals surface area contributed by atoms with Crippen LogP contribution in [0.5, 0.6) is 0 Å². The molecule has 12 heavy (non-hydrogen) atoms. The second-order valence-corrected chi connectivity index (χ2v) is 3.46. The highest BCUT2D eigenvalue weighted by Crippen LogP contribution is 2.07. The molecular weight excluding hydrogens is 176 g/mol. The van der Waals surface area contributed by atoms with Crippen LogP contribution >= 0.6 is 11.3 Å². The Labute approximate surface area is 73.6 Å². The van der Waals surface area contributed by atoms with Crippen molar-refractivity contribution in [3.05, 3.63) is 16.6 Å². The zero-order valence-corrected chi connectivity index (χ0v) is 7.13. The molecular formula is C7H8N2O2S. The van der Waals surface area contributed by atoms with E-state index in [9.17, 15) is 4.79 Å². The molecule has 0 atom stereocenters. The van der Waals surface area contributed by atoms with Gasteiger partial charge in [0.1, 0.15) is 4.88 Å². The molecule has 0 bridgehead atoms. The number of carbonyl (C=O) groups excluding carboxylic acids is 1. The average molecular weight is 184 g/mol. The van der Waals surface area contributed by atoms with Crippen molar-refractivity contribution in [3.63, 3.8) is 0 Å². The van der Waals surface area contributed by atoms with Gasteiger partial charge in [-0.3, -0.25) is 9.78 Å². The van der Waals surface area contributed by atoms with Crippen LogP contribution in [0.15, 0.2) is 11.7 Å². The summed E-state index contributed by atoms with van der Waals surface area (Å²) < 4.78 is 4.93. The third-order valence-corrected chi connectivity index (χ3v) is 2.40. The molecule has 1 amide bonds. The monoisotopic (exact) mass is 184 g/mol. The number of amides is 1. The molecule has 1 aliphatic heterocycles. The quantitative estimate of drug-likeness (QED) is 0.717. The Kier molecular flexibility index (Phi) is 2.05. The highest BCUT2D eigenvalue weighted by Gasteiger charge is 2.21. The van der Waals surface area contributed by atoms with E-state index in [0.29, 0.717) is 18.1 Å². The molecule has 0 aromatic carbocycles. The Morgan fingerprint density at radius 2 is 2.58 bits per heavy atom. The van der Waals surface area contributed by atoms with Gasteiger partial charge in [0, 0.05) is 0 Å². The normalized spacial score (nSPS) is 17.0. The molecule has 1 fully saturated rings. The SMILES string of the molecule is O=C(NC1COC1)c1cncs1. The van der Waals surface area contributed by atoms with Crippen LogP contribution in [0.3, 0.4) is 0 Å². The summed E-state index contributed by atoms with van der Waals surface area (Å²) in [5.41, 5.74) is 1.65.